The number of carbonyl (C=O) groups is 1. The number of hydrogen-bond donors (Lipinski definition) is 1. The van der Waals surface area contributed by atoms with E-state index in [0.717, 1.165) is 42.5 Å². The fourth-order valence-electron chi connectivity index (χ4n) is 3.14. The van der Waals surface area contributed by atoms with Crippen LogP contribution in [0, 0.1) is 0 Å². The molecule has 2 aromatic carbocycles. The number of carbonyl (C=O) groups excluding carboxylic acids is 1. The number of ether oxygens (including phenoxy) is 2. The highest BCUT2D eigenvalue weighted by Gasteiger charge is 2.08. The molecule has 1 aromatic heterocycles. The SMILES string of the molecule is CCCCCOc1ccc(/C=C/C(=O)Nc2nc(-c3ccc(CC)cc3)cs2)cc1OC. The number of methoxy groups -OCH3 is 1. The number of amides is 1. The van der Waals surface area contributed by atoms with Crippen molar-refractivity contribution in [2.75, 3.05) is 19.0 Å². The van der Waals surface area contributed by atoms with E-state index in [9.17, 15) is 4.79 Å². The van der Waals surface area contributed by atoms with Crippen LogP contribution in [0.2, 0.25) is 0 Å². The summed E-state index contributed by atoms with van der Waals surface area (Å²) in [5.74, 6) is 1.14. The van der Waals surface area contributed by atoms with Crippen molar-refractivity contribution in [1.82, 2.24) is 4.98 Å². The van der Waals surface area contributed by atoms with Crippen LogP contribution in [0.25, 0.3) is 17.3 Å². The van der Waals surface area contributed by atoms with E-state index >= 15 is 0 Å². The van der Waals surface area contributed by atoms with Gasteiger partial charge >= 0.3 is 0 Å². The summed E-state index contributed by atoms with van der Waals surface area (Å²) in [6.45, 7) is 4.96. The zero-order valence-electron chi connectivity index (χ0n) is 18.9. The Morgan fingerprint density at radius 1 is 1.09 bits per heavy atom. The minimum atomic E-state index is -0.230. The average Bonchev–Trinajstić information content (AvgIpc) is 3.29. The largest absolute Gasteiger partial charge is 0.493 e. The van der Waals surface area contributed by atoms with Gasteiger partial charge in [-0.25, -0.2) is 4.98 Å². The summed E-state index contributed by atoms with van der Waals surface area (Å²) in [4.78, 5) is 16.9. The van der Waals surface area contributed by atoms with E-state index in [2.05, 4.69) is 48.4 Å². The van der Waals surface area contributed by atoms with E-state index in [1.165, 1.54) is 23.0 Å². The molecule has 0 spiro atoms. The zero-order valence-corrected chi connectivity index (χ0v) is 19.7. The van der Waals surface area contributed by atoms with E-state index in [0.29, 0.717) is 23.2 Å². The van der Waals surface area contributed by atoms with Crippen molar-refractivity contribution in [3.05, 3.63) is 65.0 Å². The van der Waals surface area contributed by atoms with Crippen LogP contribution >= 0.6 is 11.3 Å². The minimum absolute atomic E-state index is 0.230. The maximum absolute atomic E-state index is 12.4. The van der Waals surface area contributed by atoms with Crippen LogP contribution in [0.4, 0.5) is 5.13 Å². The van der Waals surface area contributed by atoms with Gasteiger partial charge < -0.3 is 9.47 Å². The molecule has 0 saturated carbocycles. The lowest BCUT2D eigenvalue weighted by Crippen LogP contribution is -2.07. The Labute approximate surface area is 194 Å². The van der Waals surface area contributed by atoms with Crippen LogP contribution in [0.1, 0.15) is 44.2 Å². The lowest BCUT2D eigenvalue weighted by molar-refractivity contribution is -0.111. The minimum Gasteiger partial charge on any atom is -0.493 e. The van der Waals surface area contributed by atoms with E-state index < -0.39 is 0 Å². The molecule has 0 bridgehead atoms. The van der Waals surface area contributed by atoms with E-state index in [1.54, 1.807) is 13.2 Å². The van der Waals surface area contributed by atoms with Crippen LogP contribution in [-0.2, 0) is 11.2 Å². The molecule has 3 rings (SSSR count). The molecule has 0 fully saturated rings. The first kappa shape index (κ1) is 23.5. The topological polar surface area (TPSA) is 60.5 Å². The summed E-state index contributed by atoms with van der Waals surface area (Å²) in [6.07, 6.45) is 7.56. The van der Waals surface area contributed by atoms with Crippen molar-refractivity contribution in [3.8, 4) is 22.8 Å². The molecule has 168 valence electrons. The summed E-state index contributed by atoms with van der Waals surface area (Å²) in [6, 6.07) is 14.0. The fraction of sp³-hybridized carbons (Fsp3) is 0.308. The van der Waals surface area contributed by atoms with Gasteiger partial charge in [0.2, 0.25) is 5.91 Å². The molecule has 0 aliphatic heterocycles. The summed E-state index contributed by atoms with van der Waals surface area (Å²) in [7, 11) is 1.62. The first-order valence-corrected chi connectivity index (χ1v) is 11.9. The summed E-state index contributed by atoms with van der Waals surface area (Å²) < 4.78 is 11.2. The van der Waals surface area contributed by atoms with E-state index in [-0.39, 0.29) is 5.91 Å². The van der Waals surface area contributed by atoms with Gasteiger partial charge in [0.15, 0.2) is 16.6 Å². The summed E-state index contributed by atoms with van der Waals surface area (Å²) >= 11 is 1.41. The van der Waals surface area contributed by atoms with Crippen molar-refractivity contribution in [3.63, 3.8) is 0 Å². The summed E-state index contributed by atoms with van der Waals surface area (Å²) in [5.41, 5.74) is 4.04. The Balaban J connectivity index is 1.58. The van der Waals surface area contributed by atoms with E-state index in [1.807, 2.05) is 23.6 Å². The number of anilines is 1. The molecule has 0 atom stereocenters. The normalized spacial score (nSPS) is 11.0. The number of nitrogens with one attached hydrogen (secondary N) is 1. The third kappa shape index (κ3) is 6.69. The Morgan fingerprint density at radius 2 is 1.91 bits per heavy atom. The van der Waals surface area contributed by atoms with Gasteiger partial charge in [0, 0.05) is 17.0 Å². The first-order chi connectivity index (χ1) is 15.6. The predicted molar refractivity (Wildman–Crippen MR) is 133 cm³/mol. The lowest BCUT2D eigenvalue weighted by Gasteiger charge is -2.11. The van der Waals surface area contributed by atoms with Crippen molar-refractivity contribution < 1.29 is 14.3 Å². The number of rotatable bonds is 11. The first-order valence-electron chi connectivity index (χ1n) is 11.0. The Hall–Kier alpha value is -3.12. The van der Waals surface area contributed by atoms with Gasteiger partial charge in [-0.3, -0.25) is 10.1 Å². The average molecular weight is 451 g/mol. The van der Waals surface area contributed by atoms with Crippen molar-refractivity contribution in [2.24, 2.45) is 0 Å². The fourth-order valence-corrected chi connectivity index (χ4v) is 3.86. The second kappa shape index (κ2) is 12.1. The van der Waals surface area contributed by atoms with Gasteiger partial charge in [0.1, 0.15) is 0 Å². The molecule has 1 amide bonds. The van der Waals surface area contributed by atoms with Crippen LogP contribution in [0.5, 0.6) is 11.5 Å². The Morgan fingerprint density at radius 3 is 2.62 bits per heavy atom. The summed E-state index contributed by atoms with van der Waals surface area (Å²) in [5, 5.41) is 5.35. The molecule has 0 aliphatic rings. The molecular weight excluding hydrogens is 420 g/mol. The standard InChI is InChI=1S/C26H30N2O3S/c1-4-6-7-16-31-23-14-10-20(17-24(23)30-3)11-15-25(29)28-26-27-22(18-32-26)21-12-8-19(5-2)9-13-21/h8-15,17-18H,4-7,16H2,1-3H3,(H,27,28,29)/b15-11+. The van der Waals surface area contributed by atoms with Gasteiger partial charge in [0.05, 0.1) is 19.4 Å². The van der Waals surface area contributed by atoms with Gasteiger partial charge in [-0.2, -0.15) is 0 Å². The molecule has 0 unspecified atom stereocenters. The highest BCUT2D eigenvalue weighted by Crippen LogP contribution is 2.29. The molecule has 1 heterocycles. The van der Waals surface area contributed by atoms with Gasteiger partial charge in [-0.1, -0.05) is 57.0 Å². The number of nitrogens with zero attached hydrogens (tertiary/aromatic N) is 1. The smallest absolute Gasteiger partial charge is 0.250 e. The zero-order chi connectivity index (χ0) is 22.8. The molecule has 0 radical (unpaired) electrons. The van der Waals surface area contributed by atoms with Crippen LogP contribution in [0.15, 0.2) is 53.9 Å². The maximum Gasteiger partial charge on any atom is 0.250 e. The molecule has 0 saturated heterocycles. The highest BCUT2D eigenvalue weighted by atomic mass is 32.1. The number of thiazole rings is 1. The predicted octanol–water partition coefficient (Wildman–Crippen LogP) is 6.60. The third-order valence-corrected chi connectivity index (χ3v) is 5.77. The molecular formula is C26H30N2O3S. The molecule has 5 nitrogen and oxygen atoms in total. The molecule has 0 aliphatic carbocycles. The van der Waals surface area contributed by atoms with Crippen LogP contribution in [-0.4, -0.2) is 24.6 Å². The van der Waals surface area contributed by atoms with Crippen LogP contribution in [0.3, 0.4) is 0 Å². The van der Waals surface area contributed by atoms with E-state index in [4.69, 9.17) is 9.47 Å². The number of benzene rings is 2. The lowest BCUT2D eigenvalue weighted by atomic mass is 10.1. The van der Waals surface area contributed by atoms with Gasteiger partial charge in [0.25, 0.3) is 0 Å². The second-order valence-electron chi connectivity index (χ2n) is 7.38. The number of unbranched alkanes of at least 4 members (excludes halogenated alkanes) is 2. The molecule has 3 aromatic rings. The number of aromatic nitrogens is 1. The quantitative estimate of drug-likeness (QED) is 0.264. The van der Waals surface area contributed by atoms with Crippen molar-refractivity contribution >= 4 is 28.5 Å². The van der Waals surface area contributed by atoms with Crippen LogP contribution < -0.4 is 14.8 Å². The highest BCUT2D eigenvalue weighted by molar-refractivity contribution is 7.14. The Kier molecular flexibility index (Phi) is 8.87. The second-order valence-corrected chi connectivity index (χ2v) is 8.23. The number of aryl methyl sites for hydroxylation is 1. The van der Waals surface area contributed by atoms with Gasteiger partial charge in [-0.15, -0.1) is 11.3 Å². The molecule has 6 heteroatoms. The monoisotopic (exact) mass is 450 g/mol. The third-order valence-electron chi connectivity index (χ3n) is 5.01. The van der Waals surface area contributed by atoms with Crippen molar-refractivity contribution in [1.29, 1.82) is 0 Å². The molecule has 1 N–H and O–H groups in total. The Bertz CT molecular complexity index is 1040. The maximum atomic E-state index is 12.4. The number of hydrogen-bond acceptors (Lipinski definition) is 5. The van der Waals surface area contributed by atoms with Crippen molar-refractivity contribution in [2.45, 2.75) is 39.5 Å². The molecule has 32 heavy (non-hydrogen) atoms. The van der Waals surface area contributed by atoms with Gasteiger partial charge in [-0.05, 0) is 42.2 Å².